The van der Waals surface area contributed by atoms with E-state index in [0.29, 0.717) is 23.6 Å². The maximum atomic E-state index is 13.4. The molecule has 1 unspecified atom stereocenters. The molecule has 4 rings (SSSR count). The first-order valence-electron chi connectivity index (χ1n) is 12.4. The summed E-state index contributed by atoms with van der Waals surface area (Å²) in [5.41, 5.74) is 1.69. The average Bonchev–Trinajstić information content (AvgIpc) is 3.17. The van der Waals surface area contributed by atoms with Gasteiger partial charge in [0.05, 0.1) is 23.1 Å². The van der Waals surface area contributed by atoms with Gasteiger partial charge in [-0.25, -0.2) is 0 Å². The zero-order chi connectivity index (χ0) is 27.6. The van der Waals surface area contributed by atoms with Crippen LogP contribution in [0.3, 0.4) is 0 Å². The number of hydrogen-bond acceptors (Lipinski definition) is 6. The largest absolute Gasteiger partial charge is 0.507 e. The number of nitro benzene ring substituents is 1. The molecule has 0 bridgehead atoms. The Balaban J connectivity index is 1.91. The van der Waals surface area contributed by atoms with Gasteiger partial charge in [-0.3, -0.25) is 24.6 Å². The maximum absolute atomic E-state index is 13.4. The average molecular weight is 515 g/mol. The van der Waals surface area contributed by atoms with E-state index < -0.39 is 28.4 Å². The van der Waals surface area contributed by atoms with Crippen molar-refractivity contribution in [2.45, 2.75) is 45.6 Å². The van der Waals surface area contributed by atoms with Gasteiger partial charge < -0.3 is 9.84 Å². The van der Waals surface area contributed by atoms with Crippen LogP contribution in [0.5, 0.6) is 5.75 Å². The van der Waals surface area contributed by atoms with E-state index in [1.54, 1.807) is 24.3 Å². The third-order valence-electron chi connectivity index (χ3n) is 6.44. The third kappa shape index (κ3) is 5.16. The standard InChI is InChI=1S/C30H30N2O6/c1-5-16-38-24-11-7-9-22(18-24)31-26(19-12-14-21(15-13-19)30(2,3)4)25(28(34)29(31)35)27(33)20-8-6-10-23(17-20)32(36)37/h6-15,17-18,26,33H,5,16H2,1-4H3/b27-25-. The number of aliphatic hydroxyl groups is 1. The van der Waals surface area contributed by atoms with E-state index in [9.17, 15) is 24.8 Å². The van der Waals surface area contributed by atoms with Crippen LogP contribution in [0, 0.1) is 10.1 Å². The van der Waals surface area contributed by atoms with Crippen LogP contribution in [0.15, 0.2) is 78.4 Å². The number of non-ortho nitro benzene ring substituents is 1. The van der Waals surface area contributed by atoms with Crippen molar-refractivity contribution in [3.05, 3.63) is 105 Å². The summed E-state index contributed by atoms with van der Waals surface area (Å²) in [5, 5.41) is 22.6. The number of Topliss-reactive ketones (excluding diaryl/α,β-unsaturated/α-hetero) is 1. The number of anilines is 1. The van der Waals surface area contributed by atoms with E-state index in [1.807, 2.05) is 31.2 Å². The molecule has 0 saturated carbocycles. The Kier molecular flexibility index (Phi) is 7.35. The van der Waals surface area contributed by atoms with Crippen LogP contribution in [-0.4, -0.2) is 28.3 Å². The second kappa shape index (κ2) is 10.5. The number of ketones is 1. The highest BCUT2D eigenvalue weighted by molar-refractivity contribution is 6.51. The Morgan fingerprint density at radius 1 is 1.03 bits per heavy atom. The van der Waals surface area contributed by atoms with E-state index in [2.05, 4.69) is 20.8 Å². The zero-order valence-corrected chi connectivity index (χ0v) is 21.8. The summed E-state index contributed by atoms with van der Waals surface area (Å²) in [7, 11) is 0. The number of amides is 1. The molecular formula is C30H30N2O6. The van der Waals surface area contributed by atoms with Gasteiger partial charge >= 0.3 is 0 Å². The molecule has 196 valence electrons. The lowest BCUT2D eigenvalue weighted by atomic mass is 9.85. The summed E-state index contributed by atoms with van der Waals surface area (Å²) >= 11 is 0. The van der Waals surface area contributed by atoms with Gasteiger partial charge in [0, 0.05) is 29.4 Å². The van der Waals surface area contributed by atoms with E-state index >= 15 is 0 Å². The van der Waals surface area contributed by atoms with Crippen molar-refractivity contribution in [2.24, 2.45) is 0 Å². The van der Waals surface area contributed by atoms with Crippen molar-refractivity contribution < 1.29 is 24.4 Å². The highest BCUT2D eigenvalue weighted by atomic mass is 16.6. The topological polar surface area (TPSA) is 110 Å². The summed E-state index contributed by atoms with van der Waals surface area (Å²) < 4.78 is 5.74. The molecule has 0 aliphatic carbocycles. The molecule has 1 amide bonds. The van der Waals surface area contributed by atoms with Crippen LogP contribution < -0.4 is 9.64 Å². The first-order valence-corrected chi connectivity index (χ1v) is 12.4. The molecule has 8 nitrogen and oxygen atoms in total. The molecule has 38 heavy (non-hydrogen) atoms. The molecule has 1 aliphatic rings. The second-order valence-electron chi connectivity index (χ2n) is 10.2. The normalized spacial score (nSPS) is 17.1. The summed E-state index contributed by atoms with van der Waals surface area (Å²) in [6, 6.07) is 18.8. The second-order valence-corrected chi connectivity index (χ2v) is 10.2. The van der Waals surface area contributed by atoms with Gasteiger partial charge in [0.25, 0.3) is 17.4 Å². The molecule has 0 radical (unpaired) electrons. The summed E-state index contributed by atoms with van der Waals surface area (Å²) in [6.07, 6.45) is 0.804. The summed E-state index contributed by atoms with van der Waals surface area (Å²) in [5.74, 6) is -1.61. The maximum Gasteiger partial charge on any atom is 0.300 e. The number of nitrogens with zero attached hydrogens (tertiary/aromatic N) is 2. The fraction of sp³-hybridized carbons (Fsp3) is 0.267. The van der Waals surface area contributed by atoms with Crippen LogP contribution in [-0.2, 0) is 15.0 Å². The van der Waals surface area contributed by atoms with Gasteiger partial charge in [0.2, 0.25) is 0 Å². The smallest absolute Gasteiger partial charge is 0.300 e. The lowest BCUT2D eigenvalue weighted by Gasteiger charge is -2.27. The molecule has 0 spiro atoms. The van der Waals surface area contributed by atoms with Crippen LogP contribution in [0.1, 0.15) is 56.8 Å². The first-order chi connectivity index (χ1) is 18.0. The molecular weight excluding hydrogens is 484 g/mol. The Morgan fingerprint density at radius 3 is 2.34 bits per heavy atom. The minimum absolute atomic E-state index is 0.0774. The molecule has 1 saturated heterocycles. The fourth-order valence-electron chi connectivity index (χ4n) is 4.44. The minimum Gasteiger partial charge on any atom is -0.507 e. The summed E-state index contributed by atoms with van der Waals surface area (Å²) in [4.78, 5) is 38.9. The van der Waals surface area contributed by atoms with Gasteiger partial charge in [0.15, 0.2) is 0 Å². The molecule has 1 atom stereocenters. The number of carbonyl (C=O) groups excluding carboxylic acids is 2. The fourth-order valence-corrected chi connectivity index (χ4v) is 4.44. The highest BCUT2D eigenvalue weighted by Gasteiger charge is 2.47. The minimum atomic E-state index is -0.954. The molecule has 1 fully saturated rings. The van der Waals surface area contributed by atoms with Gasteiger partial charge in [-0.05, 0) is 35.1 Å². The Hall–Kier alpha value is -4.46. The molecule has 1 heterocycles. The number of rotatable bonds is 7. The number of nitro groups is 1. The van der Waals surface area contributed by atoms with E-state index in [1.165, 1.54) is 29.2 Å². The van der Waals surface area contributed by atoms with Crippen LogP contribution in [0.25, 0.3) is 5.76 Å². The number of carbonyl (C=O) groups is 2. The first kappa shape index (κ1) is 26.6. The van der Waals surface area contributed by atoms with Gasteiger partial charge in [-0.1, -0.05) is 70.2 Å². The molecule has 0 aromatic heterocycles. The van der Waals surface area contributed by atoms with Crippen LogP contribution in [0.2, 0.25) is 0 Å². The number of ether oxygens (including phenoxy) is 1. The summed E-state index contributed by atoms with van der Waals surface area (Å²) in [6.45, 7) is 8.72. The molecule has 8 heteroatoms. The van der Waals surface area contributed by atoms with E-state index in [4.69, 9.17) is 4.74 Å². The number of aliphatic hydroxyl groups excluding tert-OH is 1. The van der Waals surface area contributed by atoms with Crippen molar-refractivity contribution in [3.8, 4) is 5.75 Å². The van der Waals surface area contributed by atoms with Crippen molar-refractivity contribution in [1.82, 2.24) is 0 Å². The molecule has 3 aromatic rings. The predicted molar refractivity (Wildman–Crippen MR) is 145 cm³/mol. The molecule has 3 aromatic carbocycles. The SMILES string of the molecule is CCCOc1cccc(N2C(=O)C(=O)/C(=C(\O)c3cccc([N+](=O)[O-])c3)C2c2ccc(C(C)(C)C)cc2)c1. The van der Waals surface area contributed by atoms with Crippen molar-refractivity contribution in [1.29, 1.82) is 0 Å². The lowest BCUT2D eigenvalue weighted by Crippen LogP contribution is -2.29. The predicted octanol–water partition coefficient (Wildman–Crippen LogP) is 6.31. The monoisotopic (exact) mass is 514 g/mol. The Labute approximate surface area is 221 Å². The lowest BCUT2D eigenvalue weighted by molar-refractivity contribution is -0.384. The Bertz CT molecular complexity index is 1420. The molecule has 1 N–H and O–H groups in total. The van der Waals surface area contributed by atoms with Crippen LogP contribution >= 0.6 is 0 Å². The van der Waals surface area contributed by atoms with Gasteiger partial charge in [-0.2, -0.15) is 0 Å². The van der Waals surface area contributed by atoms with Crippen molar-refractivity contribution >= 4 is 28.8 Å². The quantitative estimate of drug-likeness (QED) is 0.130. The highest BCUT2D eigenvalue weighted by Crippen LogP contribution is 2.43. The third-order valence-corrected chi connectivity index (χ3v) is 6.44. The van der Waals surface area contributed by atoms with E-state index in [-0.39, 0.29) is 22.2 Å². The van der Waals surface area contributed by atoms with E-state index in [0.717, 1.165) is 12.0 Å². The van der Waals surface area contributed by atoms with Gasteiger partial charge in [0.1, 0.15) is 11.5 Å². The van der Waals surface area contributed by atoms with Gasteiger partial charge in [-0.15, -0.1) is 0 Å². The number of benzene rings is 3. The van der Waals surface area contributed by atoms with Crippen molar-refractivity contribution in [2.75, 3.05) is 11.5 Å². The van der Waals surface area contributed by atoms with Crippen LogP contribution in [0.4, 0.5) is 11.4 Å². The number of hydrogen-bond donors (Lipinski definition) is 1. The Morgan fingerprint density at radius 2 is 1.71 bits per heavy atom. The van der Waals surface area contributed by atoms with Crippen molar-refractivity contribution in [3.63, 3.8) is 0 Å². The molecule has 1 aliphatic heterocycles. The zero-order valence-electron chi connectivity index (χ0n) is 21.8.